The zero-order valence-electron chi connectivity index (χ0n) is 11.6. The van der Waals surface area contributed by atoms with Crippen LogP contribution in [-0.4, -0.2) is 25.4 Å². The second kappa shape index (κ2) is 5.55. The lowest BCUT2D eigenvalue weighted by Crippen LogP contribution is -2.09. The molecule has 1 aliphatic rings. The predicted molar refractivity (Wildman–Crippen MR) is 79.5 cm³/mol. The zero-order valence-corrected chi connectivity index (χ0v) is 11.6. The number of allylic oxidation sites excluding steroid dienone is 2. The van der Waals surface area contributed by atoms with Gasteiger partial charge in [-0.25, -0.2) is 0 Å². The van der Waals surface area contributed by atoms with Crippen LogP contribution in [0.1, 0.15) is 11.1 Å². The Balaban J connectivity index is 2.17. The van der Waals surface area contributed by atoms with Gasteiger partial charge in [0.15, 0.2) is 0 Å². The second-order valence-corrected chi connectivity index (χ2v) is 4.90. The molecule has 3 heteroatoms. The van der Waals surface area contributed by atoms with E-state index in [1.807, 2.05) is 24.3 Å². The summed E-state index contributed by atoms with van der Waals surface area (Å²) in [6.45, 7) is 1.07. The Kier molecular flexibility index (Phi) is 3.61. The van der Waals surface area contributed by atoms with Crippen molar-refractivity contribution in [3.8, 4) is 11.5 Å². The molecule has 0 bridgehead atoms. The second-order valence-electron chi connectivity index (χ2n) is 4.90. The van der Waals surface area contributed by atoms with Crippen LogP contribution in [-0.2, 0) is 17.6 Å². The first-order valence-electron chi connectivity index (χ1n) is 6.85. The SMILES string of the molecule is COCCOc1c2c(c(O)c3ccccc13)CC=CC2. The smallest absolute Gasteiger partial charge is 0.131 e. The molecule has 104 valence electrons. The van der Waals surface area contributed by atoms with Gasteiger partial charge in [-0.2, -0.15) is 0 Å². The van der Waals surface area contributed by atoms with Crippen LogP contribution in [0.3, 0.4) is 0 Å². The monoisotopic (exact) mass is 270 g/mol. The molecular formula is C17H18O3. The summed E-state index contributed by atoms with van der Waals surface area (Å²) in [4.78, 5) is 0. The van der Waals surface area contributed by atoms with Gasteiger partial charge >= 0.3 is 0 Å². The number of phenols is 1. The molecule has 2 aromatic rings. The fourth-order valence-corrected chi connectivity index (χ4v) is 2.72. The van der Waals surface area contributed by atoms with Crippen molar-refractivity contribution in [2.45, 2.75) is 12.8 Å². The van der Waals surface area contributed by atoms with E-state index in [9.17, 15) is 5.11 Å². The number of fused-ring (bicyclic) bond motifs is 2. The number of hydrogen-bond acceptors (Lipinski definition) is 3. The van der Waals surface area contributed by atoms with E-state index in [1.165, 1.54) is 0 Å². The van der Waals surface area contributed by atoms with E-state index >= 15 is 0 Å². The molecule has 0 heterocycles. The Morgan fingerprint density at radius 1 is 1.00 bits per heavy atom. The Hall–Kier alpha value is -2.00. The highest BCUT2D eigenvalue weighted by Gasteiger charge is 2.20. The van der Waals surface area contributed by atoms with Gasteiger partial charge in [0.2, 0.25) is 0 Å². The highest BCUT2D eigenvalue weighted by molar-refractivity contribution is 5.96. The zero-order chi connectivity index (χ0) is 13.9. The van der Waals surface area contributed by atoms with E-state index in [4.69, 9.17) is 9.47 Å². The average molecular weight is 270 g/mol. The lowest BCUT2D eigenvalue weighted by Gasteiger charge is -2.21. The normalized spacial score (nSPS) is 13.4. The molecule has 2 aromatic carbocycles. The molecule has 0 saturated carbocycles. The van der Waals surface area contributed by atoms with Crippen molar-refractivity contribution in [2.75, 3.05) is 20.3 Å². The van der Waals surface area contributed by atoms with E-state index in [1.54, 1.807) is 7.11 Å². The van der Waals surface area contributed by atoms with Crippen LogP contribution < -0.4 is 4.74 Å². The molecule has 1 N–H and O–H groups in total. The summed E-state index contributed by atoms with van der Waals surface area (Å²) in [7, 11) is 1.66. The molecule has 0 radical (unpaired) electrons. The van der Waals surface area contributed by atoms with Gasteiger partial charge in [0.25, 0.3) is 0 Å². The molecule has 3 rings (SSSR count). The molecule has 0 aliphatic heterocycles. The fraction of sp³-hybridized carbons (Fsp3) is 0.294. The van der Waals surface area contributed by atoms with Crippen LogP contribution in [0.5, 0.6) is 11.5 Å². The summed E-state index contributed by atoms with van der Waals surface area (Å²) < 4.78 is 11.0. The van der Waals surface area contributed by atoms with Crippen LogP contribution in [0.15, 0.2) is 36.4 Å². The van der Waals surface area contributed by atoms with E-state index in [-0.39, 0.29) is 0 Å². The van der Waals surface area contributed by atoms with Crippen LogP contribution in [0.4, 0.5) is 0 Å². The molecule has 0 unspecified atom stereocenters. The maximum absolute atomic E-state index is 10.5. The predicted octanol–water partition coefficient (Wildman–Crippen LogP) is 3.23. The summed E-state index contributed by atoms with van der Waals surface area (Å²) in [5.74, 6) is 1.27. The van der Waals surface area contributed by atoms with Crippen molar-refractivity contribution >= 4 is 10.8 Å². The maximum Gasteiger partial charge on any atom is 0.131 e. The first kappa shape index (κ1) is 13.0. The van der Waals surface area contributed by atoms with Gasteiger partial charge in [-0.1, -0.05) is 36.4 Å². The minimum atomic E-state index is 0.388. The standard InChI is InChI=1S/C17H18O3/c1-19-10-11-20-17-14-8-4-2-6-12(14)16(18)13-7-3-5-9-15(13)17/h2-6,8,18H,7,9-11H2,1H3. The first-order chi connectivity index (χ1) is 9.83. The van der Waals surface area contributed by atoms with Crippen LogP contribution in [0.2, 0.25) is 0 Å². The average Bonchev–Trinajstić information content (AvgIpc) is 2.51. The van der Waals surface area contributed by atoms with Crippen LogP contribution >= 0.6 is 0 Å². The number of aromatic hydroxyl groups is 1. The highest BCUT2D eigenvalue weighted by Crippen LogP contribution is 2.42. The van der Waals surface area contributed by atoms with Gasteiger partial charge in [-0.05, 0) is 12.8 Å². The Morgan fingerprint density at radius 2 is 1.70 bits per heavy atom. The summed E-state index contributed by atoms with van der Waals surface area (Å²) in [5, 5.41) is 12.3. The number of methoxy groups -OCH3 is 1. The lowest BCUT2D eigenvalue weighted by atomic mass is 9.91. The van der Waals surface area contributed by atoms with Crippen molar-refractivity contribution in [2.24, 2.45) is 0 Å². The number of ether oxygens (including phenoxy) is 2. The Labute approximate surface area is 118 Å². The van der Waals surface area contributed by atoms with Crippen LogP contribution in [0, 0.1) is 0 Å². The summed E-state index contributed by atoms with van der Waals surface area (Å²) in [6, 6.07) is 7.84. The van der Waals surface area contributed by atoms with Crippen molar-refractivity contribution < 1.29 is 14.6 Å². The van der Waals surface area contributed by atoms with Crippen LogP contribution in [0.25, 0.3) is 10.8 Å². The van der Waals surface area contributed by atoms with E-state index in [0.717, 1.165) is 40.5 Å². The molecule has 0 spiro atoms. The molecule has 0 aromatic heterocycles. The van der Waals surface area contributed by atoms with E-state index in [0.29, 0.717) is 19.0 Å². The van der Waals surface area contributed by atoms with Gasteiger partial charge in [0, 0.05) is 29.0 Å². The summed E-state index contributed by atoms with van der Waals surface area (Å²) in [6.07, 6.45) is 5.78. The van der Waals surface area contributed by atoms with E-state index in [2.05, 4.69) is 12.2 Å². The lowest BCUT2D eigenvalue weighted by molar-refractivity contribution is 0.146. The fourth-order valence-electron chi connectivity index (χ4n) is 2.72. The van der Waals surface area contributed by atoms with E-state index < -0.39 is 0 Å². The number of benzene rings is 2. The molecule has 0 amide bonds. The quantitative estimate of drug-likeness (QED) is 0.685. The van der Waals surface area contributed by atoms with Crippen molar-refractivity contribution in [1.82, 2.24) is 0 Å². The number of hydrogen-bond donors (Lipinski definition) is 1. The first-order valence-corrected chi connectivity index (χ1v) is 6.85. The Bertz CT molecular complexity index is 659. The number of rotatable bonds is 4. The van der Waals surface area contributed by atoms with Gasteiger partial charge in [0.1, 0.15) is 18.1 Å². The van der Waals surface area contributed by atoms with Crippen molar-refractivity contribution in [3.63, 3.8) is 0 Å². The third-order valence-electron chi connectivity index (χ3n) is 3.70. The van der Waals surface area contributed by atoms with Gasteiger partial charge in [0.05, 0.1) is 6.61 Å². The summed E-state index contributed by atoms with van der Waals surface area (Å²) in [5.41, 5.74) is 2.08. The molecular weight excluding hydrogens is 252 g/mol. The highest BCUT2D eigenvalue weighted by atomic mass is 16.5. The Morgan fingerprint density at radius 3 is 2.45 bits per heavy atom. The molecule has 20 heavy (non-hydrogen) atoms. The molecule has 3 nitrogen and oxygen atoms in total. The third-order valence-corrected chi connectivity index (χ3v) is 3.70. The molecule has 0 fully saturated rings. The maximum atomic E-state index is 10.5. The topological polar surface area (TPSA) is 38.7 Å². The molecule has 0 atom stereocenters. The van der Waals surface area contributed by atoms with Crippen molar-refractivity contribution in [3.05, 3.63) is 47.5 Å². The molecule has 1 aliphatic carbocycles. The third kappa shape index (κ3) is 2.14. The summed E-state index contributed by atoms with van der Waals surface area (Å²) >= 11 is 0. The largest absolute Gasteiger partial charge is 0.507 e. The van der Waals surface area contributed by atoms with Gasteiger partial charge in [-0.15, -0.1) is 0 Å². The minimum Gasteiger partial charge on any atom is -0.507 e. The van der Waals surface area contributed by atoms with Gasteiger partial charge < -0.3 is 14.6 Å². The van der Waals surface area contributed by atoms with Gasteiger partial charge in [-0.3, -0.25) is 0 Å². The van der Waals surface area contributed by atoms with Crippen molar-refractivity contribution in [1.29, 1.82) is 0 Å². The molecule has 0 saturated heterocycles. The number of phenolic OH excluding ortho intramolecular Hbond substituents is 1. The minimum absolute atomic E-state index is 0.388.